The van der Waals surface area contributed by atoms with Crippen molar-refractivity contribution < 1.29 is 33.8 Å². The lowest BCUT2D eigenvalue weighted by Gasteiger charge is -2.26. The second kappa shape index (κ2) is 12.0. The van der Waals surface area contributed by atoms with Gasteiger partial charge in [-0.1, -0.05) is 30.3 Å². The summed E-state index contributed by atoms with van der Waals surface area (Å²) in [7, 11) is -2.88. The number of H-pyrrole nitrogens is 1. The van der Waals surface area contributed by atoms with E-state index in [2.05, 4.69) is 15.6 Å². The van der Waals surface area contributed by atoms with Crippen LogP contribution in [0.2, 0.25) is 0 Å². The zero-order chi connectivity index (χ0) is 30.9. The summed E-state index contributed by atoms with van der Waals surface area (Å²) >= 11 is 0. The van der Waals surface area contributed by atoms with Gasteiger partial charge in [0.15, 0.2) is 0 Å². The molecular weight excluding hydrogens is 577 g/mol. The molecule has 0 bridgehead atoms. The van der Waals surface area contributed by atoms with Crippen molar-refractivity contribution in [2.24, 2.45) is 7.05 Å². The van der Waals surface area contributed by atoms with E-state index in [0.717, 1.165) is 17.0 Å². The number of nitrogens with one attached hydrogen (secondary N) is 3. The number of carbonyl (C=O) groups is 3. The summed E-state index contributed by atoms with van der Waals surface area (Å²) in [5.41, 5.74) is 4.10. The number of carboxylic acids is 1. The standard InChI is InChI=1S/C28H32N7O7P/c1-16(24-30-19-10-11-35(14-21(19)31-24)28(39)29-13-17-6-4-3-5-7-17)25-32-20-9-8-18(12-23(20)34(25)2)26(36)33-22(27(37)38)15-43(40,41)42/h3-9,12,16,22H,10-11,13-15H2,1-2H3,(H,29,39)(H,30,31)(H,33,36)(H,37,38)(H2,40,41,42). The zero-order valence-corrected chi connectivity index (χ0v) is 24.4. The predicted octanol–water partition coefficient (Wildman–Crippen LogP) is 2.08. The number of aromatic nitrogens is 4. The quantitative estimate of drug-likeness (QED) is 0.154. The summed E-state index contributed by atoms with van der Waals surface area (Å²) in [6.07, 6.45) is -0.412. The van der Waals surface area contributed by atoms with Gasteiger partial charge in [0.05, 0.1) is 41.0 Å². The van der Waals surface area contributed by atoms with Gasteiger partial charge in [-0.3, -0.25) is 9.36 Å². The Bertz CT molecular complexity index is 1730. The van der Waals surface area contributed by atoms with Crippen molar-refractivity contribution in [3.8, 4) is 0 Å². The van der Waals surface area contributed by atoms with E-state index in [4.69, 9.17) is 19.8 Å². The molecule has 5 rings (SSSR count). The molecule has 1 aliphatic heterocycles. The van der Waals surface area contributed by atoms with Crippen LogP contribution in [0.25, 0.3) is 11.0 Å². The topological polar surface area (TPSA) is 203 Å². The van der Waals surface area contributed by atoms with Crippen LogP contribution in [-0.4, -0.2) is 76.0 Å². The van der Waals surface area contributed by atoms with E-state index in [-0.39, 0.29) is 17.5 Å². The van der Waals surface area contributed by atoms with Crippen molar-refractivity contribution in [1.29, 1.82) is 0 Å². The second-order valence-corrected chi connectivity index (χ2v) is 12.2. The van der Waals surface area contributed by atoms with Crippen LogP contribution in [0.15, 0.2) is 48.5 Å². The molecule has 2 aromatic carbocycles. The molecule has 6 N–H and O–H groups in total. The number of nitrogens with zero attached hydrogens (tertiary/aromatic N) is 4. The maximum Gasteiger partial charge on any atom is 0.328 e. The molecule has 226 valence electrons. The van der Waals surface area contributed by atoms with Crippen molar-refractivity contribution in [1.82, 2.24) is 35.1 Å². The summed E-state index contributed by atoms with van der Waals surface area (Å²) in [5.74, 6) is -1.24. The molecule has 2 unspecified atom stereocenters. The van der Waals surface area contributed by atoms with E-state index < -0.39 is 31.7 Å². The lowest BCUT2D eigenvalue weighted by atomic mass is 10.1. The summed E-state index contributed by atoms with van der Waals surface area (Å²) in [5, 5.41) is 14.4. The summed E-state index contributed by atoms with van der Waals surface area (Å²) in [6.45, 7) is 3.33. The Labute approximate surface area is 246 Å². The highest BCUT2D eigenvalue weighted by Gasteiger charge is 2.30. The second-order valence-electron chi connectivity index (χ2n) is 10.5. The number of carboxylic acid groups (broad SMARTS) is 1. The highest BCUT2D eigenvalue weighted by Crippen LogP contribution is 2.35. The first-order valence-corrected chi connectivity index (χ1v) is 15.4. The fraction of sp³-hybridized carbons (Fsp3) is 0.321. The number of carbonyl (C=O) groups excluding carboxylic acids is 2. The van der Waals surface area contributed by atoms with Gasteiger partial charge in [0, 0.05) is 32.1 Å². The first-order chi connectivity index (χ1) is 20.4. The molecule has 14 nitrogen and oxygen atoms in total. The van der Waals surface area contributed by atoms with E-state index in [1.54, 1.807) is 24.1 Å². The molecule has 15 heteroatoms. The van der Waals surface area contributed by atoms with E-state index in [9.17, 15) is 24.1 Å². The van der Waals surface area contributed by atoms with Crippen molar-refractivity contribution in [2.45, 2.75) is 38.4 Å². The van der Waals surface area contributed by atoms with Crippen LogP contribution in [0.4, 0.5) is 4.79 Å². The normalized spacial score (nSPS) is 14.7. The summed E-state index contributed by atoms with van der Waals surface area (Å²) in [6, 6.07) is 12.4. The third kappa shape index (κ3) is 6.77. The van der Waals surface area contributed by atoms with Crippen LogP contribution < -0.4 is 10.6 Å². The molecule has 0 fully saturated rings. The first kappa shape index (κ1) is 30.0. The fourth-order valence-electron chi connectivity index (χ4n) is 5.10. The minimum Gasteiger partial charge on any atom is -0.480 e. The average Bonchev–Trinajstić information content (AvgIpc) is 3.55. The Morgan fingerprint density at radius 2 is 1.86 bits per heavy atom. The molecule has 2 atom stereocenters. The number of fused-ring (bicyclic) bond motifs is 2. The van der Waals surface area contributed by atoms with Crippen molar-refractivity contribution >= 4 is 36.5 Å². The Morgan fingerprint density at radius 3 is 2.56 bits per heavy atom. The van der Waals surface area contributed by atoms with Gasteiger partial charge in [-0.05, 0) is 30.7 Å². The molecule has 1 aliphatic rings. The minimum atomic E-state index is -4.67. The summed E-state index contributed by atoms with van der Waals surface area (Å²) < 4.78 is 13.1. The number of aryl methyl sites for hydroxylation is 1. The first-order valence-electron chi connectivity index (χ1n) is 13.6. The molecule has 0 spiro atoms. The van der Waals surface area contributed by atoms with Gasteiger partial charge in [-0.2, -0.15) is 0 Å². The highest BCUT2D eigenvalue weighted by molar-refractivity contribution is 7.51. The molecule has 3 heterocycles. The largest absolute Gasteiger partial charge is 0.480 e. The van der Waals surface area contributed by atoms with Crippen LogP contribution in [0.5, 0.6) is 0 Å². The Kier molecular flexibility index (Phi) is 8.36. The minimum absolute atomic E-state index is 0.116. The molecule has 0 aliphatic carbocycles. The van der Waals surface area contributed by atoms with Gasteiger partial charge in [0.2, 0.25) is 0 Å². The van der Waals surface area contributed by atoms with E-state index in [1.807, 2.05) is 41.8 Å². The fourth-order valence-corrected chi connectivity index (χ4v) is 5.83. The molecule has 3 amide bonds. The maximum atomic E-state index is 12.8. The van der Waals surface area contributed by atoms with Gasteiger partial charge in [0.1, 0.15) is 17.7 Å². The van der Waals surface area contributed by atoms with Crippen molar-refractivity contribution in [3.05, 3.63) is 82.7 Å². The van der Waals surface area contributed by atoms with Crippen LogP contribution in [0.3, 0.4) is 0 Å². The molecule has 0 saturated heterocycles. The monoisotopic (exact) mass is 609 g/mol. The lowest BCUT2D eigenvalue weighted by Crippen LogP contribution is -2.43. The van der Waals surface area contributed by atoms with Crippen LogP contribution in [-0.2, 0) is 35.9 Å². The third-order valence-corrected chi connectivity index (χ3v) is 8.26. The van der Waals surface area contributed by atoms with Crippen LogP contribution in [0, 0.1) is 0 Å². The van der Waals surface area contributed by atoms with E-state index in [0.29, 0.717) is 48.7 Å². The molecule has 0 saturated carbocycles. The summed E-state index contributed by atoms with van der Waals surface area (Å²) in [4.78, 5) is 69.9. The smallest absolute Gasteiger partial charge is 0.328 e. The molecule has 2 aromatic heterocycles. The number of benzene rings is 2. The average molecular weight is 610 g/mol. The number of amides is 3. The van der Waals surface area contributed by atoms with Gasteiger partial charge in [-0.25, -0.2) is 19.6 Å². The van der Waals surface area contributed by atoms with Crippen LogP contribution >= 0.6 is 7.60 Å². The van der Waals surface area contributed by atoms with Crippen molar-refractivity contribution in [3.63, 3.8) is 0 Å². The highest BCUT2D eigenvalue weighted by atomic mass is 31.2. The maximum absolute atomic E-state index is 12.8. The number of hydrogen-bond donors (Lipinski definition) is 6. The molecule has 4 aromatic rings. The lowest BCUT2D eigenvalue weighted by molar-refractivity contribution is -0.138. The number of urea groups is 1. The predicted molar refractivity (Wildman–Crippen MR) is 155 cm³/mol. The third-order valence-electron chi connectivity index (χ3n) is 7.42. The number of rotatable bonds is 9. The number of imidazole rings is 2. The van der Waals surface area contributed by atoms with Gasteiger partial charge in [0.25, 0.3) is 5.91 Å². The molecule has 0 radical (unpaired) electrons. The van der Waals surface area contributed by atoms with Gasteiger partial charge < -0.3 is 40.0 Å². The zero-order valence-electron chi connectivity index (χ0n) is 23.5. The van der Waals surface area contributed by atoms with E-state index >= 15 is 0 Å². The molecule has 43 heavy (non-hydrogen) atoms. The Morgan fingerprint density at radius 1 is 1.12 bits per heavy atom. The van der Waals surface area contributed by atoms with E-state index in [1.165, 1.54) is 6.07 Å². The number of hydrogen-bond acceptors (Lipinski definition) is 6. The van der Waals surface area contributed by atoms with Gasteiger partial charge in [-0.15, -0.1) is 0 Å². The Balaban J connectivity index is 1.29. The Hall–Kier alpha value is -4.52. The number of aromatic amines is 1. The van der Waals surface area contributed by atoms with Gasteiger partial charge >= 0.3 is 19.6 Å². The van der Waals surface area contributed by atoms with Crippen LogP contribution in [0.1, 0.15) is 51.8 Å². The SMILES string of the molecule is CC(c1nc2c([nH]1)CN(C(=O)NCc1ccccc1)CC2)c1nc2ccc(C(=O)NC(CP(=O)(O)O)C(=O)O)cc2n1C. The van der Waals surface area contributed by atoms with Crippen molar-refractivity contribution in [2.75, 3.05) is 12.7 Å². The molecular formula is C28H32N7O7P. The number of aliphatic carboxylic acids is 1.